The van der Waals surface area contributed by atoms with Gasteiger partial charge in [-0.05, 0) is 17.4 Å². The Kier molecular flexibility index (Phi) is 5.24. The van der Waals surface area contributed by atoms with Crippen LogP contribution in [0.5, 0.6) is 0 Å². The van der Waals surface area contributed by atoms with E-state index < -0.39 is 23.8 Å². The van der Waals surface area contributed by atoms with Crippen molar-refractivity contribution in [2.45, 2.75) is 18.6 Å². The first kappa shape index (κ1) is 15.2. The highest BCUT2D eigenvalue weighted by atomic mass is 35.5. The fourth-order valence-electron chi connectivity index (χ4n) is 1.05. The first-order chi connectivity index (χ1) is 6.82. The van der Waals surface area contributed by atoms with E-state index in [9.17, 15) is 18.0 Å². The average molecular weight is 276 g/mol. The van der Waals surface area contributed by atoms with Gasteiger partial charge >= 0.3 is 12.1 Å². The van der Waals surface area contributed by atoms with Crippen LogP contribution in [0.1, 0.15) is 11.1 Å². The number of rotatable bonds is 3. The van der Waals surface area contributed by atoms with E-state index in [4.69, 9.17) is 10.8 Å². The van der Waals surface area contributed by atoms with E-state index in [0.29, 0.717) is 0 Å². The van der Waals surface area contributed by atoms with Crippen LogP contribution in [0.3, 0.4) is 0 Å². The Morgan fingerprint density at radius 1 is 1.50 bits per heavy atom. The monoisotopic (exact) mass is 275 g/mol. The zero-order chi connectivity index (χ0) is 11.6. The molecule has 92 valence electrons. The molecule has 0 fully saturated rings. The van der Waals surface area contributed by atoms with Crippen molar-refractivity contribution in [1.29, 1.82) is 0 Å². The summed E-state index contributed by atoms with van der Waals surface area (Å²) in [5.41, 5.74) is 4.29. The minimum absolute atomic E-state index is 0. The molecule has 0 aliphatic rings. The number of hydrogen-bond acceptors (Lipinski definition) is 3. The average Bonchev–Trinajstić information content (AvgIpc) is 2.50. The Morgan fingerprint density at radius 2 is 2.06 bits per heavy atom. The van der Waals surface area contributed by atoms with Gasteiger partial charge in [-0.1, -0.05) is 0 Å². The van der Waals surface area contributed by atoms with E-state index >= 15 is 0 Å². The number of carboxylic acid groups (broad SMARTS) is 1. The molecule has 1 unspecified atom stereocenters. The number of aliphatic carboxylic acids is 1. The second kappa shape index (κ2) is 5.51. The number of alkyl halides is 3. The lowest BCUT2D eigenvalue weighted by Crippen LogP contribution is -2.32. The van der Waals surface area contributed by atoms with E-state index in [1.165, 1.54) is 5.38 Å². The third-order valence-corrected chi connectivity index (χ3v) is 2.60. The lowest BCUT2D eigenvalue weighted by Gasteiger charge is -2.09. The molecule has 1 atom stereocenters. The molecular weight excluding hydrogens is 267 g/mol. The second-order valence-electron chi connectivity index (χ2n) is 2.96. The Hall–Kier alpha value is -0.790. The zero-order valence-corrected chi connectivity index (χ0v) is 9.46. The lowest BCUT2D eigenvalue weighted by atomic mass is 10.1. The van der Waals surface area contributed by atoms with Gasteiger partial charge in [-0.25, -0.2) is 0 Å². The summed E-state index contributed by atoms with van der Waals surface area (Å²) in [6, 6.07) is -1.30. The number of thiophene rings is 1. The summed E-state index contributed by atoms with van der Waals surface area (Å²) in [6.45, 7) is 0. The Morgan fingerprint density at radius 3 is 2.50 bits per heavy atom. The Labute approximate surface area is 99.5 Å². The van der Waals surface area contributed by atoms with Crippen LogP contribution in [0.4, 0.5) is 13.2 Å². The highest BCUT2D eigenvalue weighted by Gasteiger charge is 2.34. The van der Waals surface area contributed by atoms with Gasteiger partial charge in [0.15, 0.2) is 0 Å². The first-order valence-electron chi connectivity index (χ1n) is 3.93. The molecule has 0 bridgehead atoms. The molecule has 1 heterocycles. The van der Waals surface area contributed by atoms with Crippen LogP contribution in [-0.4, -0.2) is 17.1 Å². The normalized spacial score (nSPS) is 13.0. The minimum atomic E-state index is -4.45. The smallest absolute Gasteiger partial charge is 0.417 e. The molecule has 1 aromatic rings. The van der Waals surface area contributed by atoms with Crippen LogP contribution in [0, 0.1) is 0 Å². The molecule has 0 amide bonds. The number of halogens is 4. The summed E-state index contributed by atoms with van der Waals surface area (Å²) >= 11 is 0.878. The molecule has 0 spiro atoms. The fourth-order valence-corrected chi connectivity index (χ4v) is 1.93. The SMILES string of the molecule is Cl.NC(Cc1cscc1C(F)(F)F)C(=O)O. The van der Waals surface area contributed by atoms with Gasteiger partial charge in [-0.2, -0.15) is 24.5 Å². The zero-order valence-electron chi connectivity index (χ0n) is 7.82. The van der Waals surface area contributed by atoms with E-state index in [1.807, 2.05) is 0 Å². The third-order valence-electron chi connectivity index (χ3n) is 1.80. The molecule has 0 saturated heterocycles. The Balaban J connectivity index is 0.00000225. The quantitative estimate of drug-likeness (QED) is 0.888. The van der Waals surface area contributed by atoms with Gasteiger partial charge in [0.05, 0.1) is 5.56 Å². The predicted octanol–water partition coefficient (Wildman–Crippen LogP) is 2.14. The summed E-state index contributed by atoms with van der Waals surface area (Å²) in [5.74, 6) is -1.31. The van der Waals surface area contributed by atoms with Crippen molar-refractivity contribution in [3.8, 4) is 0 Å². The van der Waals surface area contributed by atoms with Gasteiger partial charge < -0.3 is 10.8 Å². The van der Waals surface area contributed by atoms with Gasteiger partial charge in [-0.15, -0.1) is 12.4 Å². The number of nitrogens with two attached hydrogens (primary N) is 1. The molecular formula is C8H9ClF3NO2S. The van der Waals surface area contributed by atoms with Crippen molar-refractivity contribution >= 4 is 29.7 Å². The molecule has 16 heavy (non-hydrogen) atoms. The maximum Gasteiger partial charge on any atom is 0.417 e. The van der Waals surface area contributed by atoms with E-state index in [-0.39, 0.29) is 24.4 Å². The number of carboxylic acids is 1. The summed E-state index contributed by atoms with van der Waals surface area (Å²) in [4.78, 5) is 10.4. The van der Waals surface area contributed by atoms with E-state index in [1.54, 1.807) is 0 Å². The maximum atomic E-state index is 12.4. The van der Waals surface area contributed by atoms with Gasteiger partial charge in [0.1, 0.15) is 6.04 Å². The fraction of sp³-hybridized carbons (Fsp3) is 0.375. The summed E-state index contributed by atoms with van der Waals surface area (Å²) in [7, 11) is 0. The third kappa shape index (κ3) is 3.66. The van der Waals surface area contributed by atoms with Crippen LogP contribution >= 0.6 is 23.7 Å². The predicted molar refractivity (Wildman–Crippen MR) is 55.9 cm³/mol. The number of carbonyl (C=O) groups is 1. The molecule has 0 aliphatic heterocycles. The topological polar surface area (TPSA) is 63.3 Å². The van der Waals surface area contributed by atoms with Gasteiger partial charge in [0.25, 0.3) is 0 Å². The Bertz CT molecular complexity index is 366. The van der Waals surface area contributed by atoms with Crippen LogP contribution < -0.4 is 5.73 Å². The summed E-state index contributed by atoms with van der Waals surface area (Å²) in [5, 5.41) is 10.7. The van der Waals surface area contributed by atoms with Gasteiger partial charge in [0.2, 0.25) is 0 Å². The van der Waals surface area contributed by atoms with Crippen LogP contribution in [0.25, 0.3) is 0 Å². The molecule has 1 aromatic heterocycles. The maximum absolute atomic E-state index is 12.4. The van der Waals surface area contributed by atoms with E-state index in [2.05, 4.69) is 0 Å². The highest BCUT2D eigenvalue weighted by molar-refractivity contribution is 7.08. The van der Waals surface area contributed by atoms with Crippen LogP contribution in [0.2, 0.25) is 0 Å². The molecule has 1 rings (SSSR count). The molecule has 0 radical (unpaired) electrons. The molecule has 8 heteroatoms. The molecule has 3 nitrogen and oxygen atoms in total. The highest BCUT2D eigenvalue weighted by Crippen LogP contribution is 2.34. The first-order valence-corrected chi connectivity index (χ1v) is 4.87. The van der Waals surface area contributed by atoms with Crippen molar-refractivity contribution in [2.24, 2.45) is 5.73 Å². The van der Waals surface area contributed by atoms with E-state index in [0.717, 1.165) is 16.7 Å². The molecule has 0 aliphatic carbocycles. The van der Waals surface area contributed by atoms with Crippen molar-refractivity contribution < 1.29 is 23.1 Å². The lowest BCUT2D eigenvalue weighted by molar-refractivity contribution is -0.140. The number of hydrogen-bond donors (Lipinski definition) is 2. The van der Waals surface area contributed by atoms with Crippen molar-refractivity contribution in [3.63, 3.8) is 0 Å². The minimum Gasteiger partial charge on any atom is -0.480 e. The molecule has 0 saturated carbocycles. The second-order valence-corrected chi connectivity index (χ2v) is 3.70. The summed E-state index contributed by atoms with van der Waals surface area (Å²) < 4.78 is 37.1. The van der Waals surface area contributed by atoms with Gasteiger partial charge in [-0.3, -0.25) is 4.79 Å². The van der Waals surface area contributed by atoms with Gasteiger partial charge in [0, 0.05) is 5.38 Å². The molecule has 3 N–H and O–H groups in total. The van der Waals surface area contributed by atoms with Crippen molar-refractivity contribution in [2.75, 3.05) is 0 Å². The van der Waals surface area contributed by atoms with Crippen LogP contribution in [0.15, 0.2) is 10.8 Å². The summed E-state index contributed by atoms with van der Waals surface area (Å²) in [6.07, 6.45) is -4.76. The van der Waals surface area contributed by atoms with Crippen LogP contribution in [-0.2, 0) is 17.4 Å². The molecule has 0 aromatic carbocycles. The largest absolute Gasteiger partial charge is 0.480 e. The van der Waals surface area contributed by atoms with Crippen molar-refractivity contribution in [1.82, 2.24) is 0 Å². The standard InChI is InChI=1S/C8H8F3NO2S.ClH/c9-8(10,11)5-3-15-2-4(5)1-6(12)7(13)14;/h2-3,6H,1,12H2,(H,13,14);1H. The van der Waals surface area contributed by atoms with Crippen molar-refractivity contribution in [3.05, 3.63) is 21.9 Å².